The van der Waals surface area contributed by atoms with Crippen LogP contribution in [0.2, 0.25) is 0 Å². The molecule has 1 aliphatic rings. The number of furan rings is 1. The van der Waals surface area contributed by atoms with Crippen molar-refractivity contribution in [2.75, 3.05) is 6.61 Å². The molecule has 2 rings (SSSR count). The Morgan fingerprint density at radius 1 is 1.64 bits per heavy atom. The van der Waals surface area contributed by atoms with Crippen molar-refractivity contribution in [2.24, 2.45) is 0 Å². The van der Waals surface area contributed by atoms with Crippen molar-refractivity contribution in [3.05, 3.63) is 24.2 Å². The molecule has 0 saturated carbocycles. The number of rotatable bonds is 3. The second-order valence-electron chi connectivity index (χ2n) is 3.32. The first-order valence-electron chi connectivity index (χ1n) is 3.95. The van der Waals surface area contributed by atoms with Crippen molar-refractivity contribution < 1.29 is 9.15 Å². The topological polar surface area (TPSA) is 25.7 Å². The molecule has 0 spiro atoms. The summed E-state index contributed by atoms with van der Waals surface area (Å²) >= 11 is 0. The largest absolute Gasteiger partial charge is 0.469 e. The van der Waals surface area contributed by atoms with Crippen LogP contribution in [-0.4, -0.2) is 12.2 Å². The molecule has 1 aliphatic heterocycles. The highest BCUT2D eigenvalue weighted by molar-refractivity contribution is 5.00. The van der Waals surface area contributed by atoms with Gasteiger partial charge in [-0.1, -0.05) is 0 Å². The van der Waals surface area contributed by atoms with Gasteiger partial charge in [0, 0.05) is 6.42 Å². The van der Waals surface area contributed by atoms with Crippen LogP contribution in [0.5, 0.6) is 0 Å². The highest BCUT2D eigenvalue weighted by Gasteiger charge is 2.38. The van der Waals surface area contributed by atoms with E-state index in [1.807, 2.05) is 12.1 Å². The Bertz CT molecular complexity index is 222. The minimum absolute atomic E-state index is 0.160. The summed E-state index contributed by atoms with van der Waals surface area (Å²) in [6, 6.07) is 3.93. The van der Waals surface area contributed by atoms with Crippen LogP contribution in [0.15, 0.2) is 22.8 Å². The monoisotopic (exact) mass is 152 g/mol. The Balaban J connectivity index is 1.83. The van der Waals surface area contributed by atoms with Gasteiger partial charge in [-0.05, 0) is 25.5 Å². The van der Waals surface area contributed by atoms with Gasteiger partial charge in [0.1, 0.15) is 5.76 Å². The van der Waals surface area contributed by atoms with Crippen LogP contribution in [0, 0.1) is 0 Å². The zero-order valence-electron chi connectivity index (χ0n) is 6.67. The molecule has 60 valence electrons. The molecular weight excluding hydrogens is 140 g/mol. The second kappa shape index (κ2) is 2.38. The van der Waals surface area contributed by atoms with E-state index in [9.17, 15) is 0 Å². The van der Waals surface area contributed by atoms with E-state index in [0.29, 0.717) is 0 Å². The third kappa shape index (κ3) is 1.63. The van der Waals surface area contributed by atoms with Crippen LogP contribution in [0.1, 0.15) is 19.1 Å². The normalized spacial score (nSPS) is 28.8. The van der Waals surface area contributed by atoms with E-state index in [1.165, 1.54) is 0 Å². The van der Waals surface area contributed by atoms with Crippen molar-refractivity contribution in [3.63, 3.8) is 0 Å². The molecular formula is C9H12O2. The third-order valence-corrected chi connectivity index (χ3v) is 2.12. The van der Waals surface area contributed by atoms with E-state index in [2.05, 4.69) is 6.92 Å². The van der Waals surface area contributed by atoms with Crippen molar-refractivity contribution in [1.82, 2.24) is 0 Å². The second-order valence-corrected chi connectivity index (χ2v) is 3.32. The molecule has 0 N–H and O–H groups in total. The van der Waals surface area contributed by atoms with E-state index in [-0.39, 0.29) is 5.60 Å². The van der Waals surface area contributed by atoms with E-state index < -0.39 is 0 Å². The molecule has 0 aliphatic carbocycles. The Kier molecular flexibility index (Phi) is 1.50. The van der Waals surface area contributed by atoms with Crippen molar-refractivity contribution >= 4 is 0 Å². The highest BCUT2D eigenvalue weighted by atomic mass is 16.6. The molecule has 11 heavy (non-hydrogen) atoms. The lowest BCUT2D eigenvalue weighted by Crippen LogP contribution is -2.04. The summed E-state index contributed by atoms with van der Waals surface area (Å²) < 4.78 is 10.5. The van der Waals surface area contributed by atoms with Crippen LogP contribution in [0.3, 0.4) is 0 Å². The maximum atomic E-state index is 5.25. The standard InChI is InChI=1S/C9H12O2/c1-9(7-11-9)5-4-8-3-2-6-10-8/h2-3,6H,4-5,7H2,1H3. The Morgan fingerprint density at radius 3 is 3.00 bits per heavy atom. The van der Waals surface area contributed by atoms with Gasteiger partial charge in [-0.2, -0.15) is 0 Å². The fourth-order valence-electron chi connectivity index (χ4n) is 1.11. The zero-order valence-corrected chi connectivity index (χ0v) is 6.67. The summed E-state index contributed by atoms with van der Waals surface area (Å²) in [6.45, 7) is 3.05. The van der Waals surface area contributed by atoms with Gasteiger partial charge in [-0.15, -0.1) is 0 Å². The van der Waals surface area contributed by atoms with Crippen molar-refractivity contribution in [3.8, 4) is 0 Å². The maximum Gasteiger partial charge on any atom is 0.103 e. The highest BCUT2D eigenvalue weighted by Crippen LogP contribution is 2.31. The smallest absolute Gasteiger partial charge is 0.103 e. The number of hydrogen-bond acceptors (Lipinski definition) is 2. The fraction of sp³-hybridized carbons (Fsp3) is 0.556. The fourth-order valence-corrected chi connectivity index (χ4v) is 1.11. The molecule has 0 radical (unpaired) electrons. The van der Waals surface area contributed by atoms with Gasteiger partial charge >= 0.3 is 0 Å². The lowest BCUT2D eigenvalue weighted by Gasteiger charge is -2.00. The predicted molar refractivity (Wildman–Crippen MR) is 41.4 cm³/mol. The number of hydrogen-bond donors (Lipinski definition) is 0. The molecule has 2 heteroatoms. The Hall–Kier alpha value is -0.760. The lowest BCUT2D eigenvalue weighted by atomic mass is 10.1. The molecule has 0 amide bonds. The van der Waals surface area contributed by atoms with Gasteiger partial charge < -0.3 is 9.15 Å². The molecule has 1 unspecified atom stereocenters. The number of aryl methyl sites for hydroxylation is 1. The van der Waals surface area contributed by atoms with Crippen molar-refractivity contribution in [2.45, 2.75) is 25.4 Å². The van der Waals surface area contributed by atoms with Crippen LogP contribution < -0.4 is 0 Å². The quantitative estimate of drug-likeness (QED) is 0.619. The van der Waals surface area contributed by atoms with Crippen molar-refractivity contribution in [1.29, 1.82) is 0 Å². The van der Waals surface area contributed by atoms with Gasteiger partial charge in [0.05, 0.1) is 18.5 Å². The minimum atomic E-state index is 0.160. The maximum absolute atomic E-state index is 5.25. The van der Waals surface area contributed by atoms with Gasteiger partial charge in [-0.3, -0.25) is 0 Å². The molecule has 0 bridgehead atoms. The summed E-state index contributed by atoms with van der Waals surface area (Å²) in [5, 5.41) is 0. The first-order valence-corrected chi connectivity index (χ1v) is 3.95. The third-order valence-electron chi connectivity index (χ3n) is 2.12. The molecule has 2 nitrogen and oxygen atoms in total. The Morgan fingerprint density at radius 2 is 2.45 bits per heavy atom. The van der Waals surface area contributed by atoms with Crippen LogP contribution >= 0.6 is 0 Å². The average molecular weight is 152 g/mol. The van der Waals surface area contributed by atoms with Gasteiger partial charge in [0.2, 0.25) is 0 Å². The molecule has 1 saturated heterocycles. The number of epoxide rings is 1. The lowest BCUT2D eigenvalue weighted by molar-refractivity contribution is 0.303. The molecule has 1 fully saturated rings. The molecule has 1 aromatic heterocycles. The minimum Gasteiger partial charge on any atom is -0.469 e. The SMILES string of the molecule is CC1(CCc2ccco2)CO1. The van der Waals surface area contributed by atoms with E-state index in [0.717, 1.165) is 25.2 Å². The molecule has 1 atom stereocenters. The summed E-state index contributed by atoms with van der Waals surface area (Å²) in [4.78, 5) is 0. The number of ether oxygens (including phenoxy) is 1. The molecule has 0 aromatic carbocycles. The summed E-state index contributed by atoms with van der Waals surface area (Å²) in [5.41, 5.74) is 0.160. The van der Waals surface area contributed by atoms with Crippen LogP contribution in [-0.2, 0) is 11.2 Å². The first-order chi connectivity index (χ1) is 5.29. The zero-order chi connectivity index (χ0) is 7.73. The van der Waals surface area contributed by atoms with E-state index in [1.54, 1.807) is 6.26 Å². The van der Waals surface area contributed by atoms with E-state index >= 15 is 0 Å². The summed E-state index contributed by atoms with van der Waals surface area (Å²) in [7, 11) is 0. The van der Waals surface area contributed by atoms with Gasteiger partial charge in [0.25, 0.3) is 0 Å². The summed E-state index contributed by atoms with van der Waals surface area (Å²) in [5.74, 6) is 1.06. The molecule has 1 aromatic rings. The van der Waals surface area contributed by atoms with E-state index in [4.69, 9.17) is 9.15 Å². The van der Waals surface area contributed by atoms with Crippen LogP contribution in [0.25, 0.3) is 0 Å². The summed E-state index contributed by atoms with van der Waals surface area (Å²) in [6.07, 6.45) is 3.77. The molecule has 2 heterocycles. The van der Waals surface area contributed by atoms with Gasteiger partial charge in [0.15, 0.2) is 0 Å². The first kappa shape index (κ1) is 6.92. The van der Waals surface area contributed by atoms with Gasteiger partial charge in [-0.25, -0.2) is 0 Å². The average Bonchev–Trinajstić information content (AvgIpc) is 2.53. The van der Waals surface area contributed by atoms with Crippen LogP contribution in [0.4, 0.5) is 0 Å². The Labute approximate surface area is 66.2 Å². The predicted octanol–water partition coefficient (Wildman–Crippen LogP) is 2.00.